The van der Waals surface area contributed by atoms with E-state index in [1.165, 1.54) is 11.1 Å². The van der Waals surface area contributed by atoms with E-state index < -0.39 is 0 Å². The Morgan fingerprint density at radius 3 is 2.57 bits per heavy atom. The van der Waals surface area contributed by atoms with E-state index in [-0.39, 0.29) is 11.9 Å². The molecule has 0 aliphatic rings. The standard InChI is InChI=1S/C15H17N5O/c1-10(2)20-11(3)13(9-18-20)15(21)19(4)14-6-5-12(7-16)8-17-14/h5-6,8-10H,1-4H3. The van der Waals surface area contributed by atoms with Crippen LogP contribution in [-0.2, 0) is 0 Å². The Balaban J connectivity index is 2.28. The van der Waals surface area contributed by atoms with E-state index in [0.717, 1.165) is 5.69 Å². The molecule has 2 aromatic rings. The molecule has 21 heavy (non-hydrogen) atoms. The SMILES string of the molecule is Cc1c(C(=O)N(C)c2ccc(C#N)cn2)cnn1C(C)C. The first kappa shape index (κ1) is 14.7. The molecule has 0 unspecified atom stereocenters. The number of pyridine rings is 1. The lowest BCUT2D eigenvalue weighted by Gasteiger charge is -2.16. The van der Waals surface area contributed by atoms with Crippen LogP contribution in [0.4, 0.5) is 5.82 Å². The zero-order chi connectivity index (χ0) is 15.6. The molecular weight excluding hydrogens is 266 g/mol. The van der Waals surface area contributed by atoms with Gasteiger partial charge in [-0.05, 0) is 32.9 Å². The van der Waals surface area contributed by atoms with E-state index in [0.29, 0.717) is 16.9 Å². The predicted molar refractivity (Wildman–Crippen MR) is 79.0 cm³/mol. The summed E-state index contributed by atoms with van der Waals surface area (Å²) in [6.45, 7) is 5.90. The van der Waals surface area contributed by atoms with Gasteiger partial charge >= 0.3 is 0 Å². The fourth-order valence-corrected chi connectivity index (χ4v) is 2.09. The van der Waals surface area contributed by atoms with Gasteiger partial charge in [0, 0.05) is 25.0 Å². The number of carbonyl (C=O) groups excluding carboxylic acids is 1. The maximum atomic E-state index is 12.5. The number of carbonyl (C=O) groups is 1. The lowest BCUT2D eigenvalue weighted by Crippen LogP contribution is -2.27. The lowest BCUT2D eigenvalue weighted by atomic mass is 10.2. The zero-order valence-electron chi connectivity index (χ0n) is 12.5. The van der Waals surface area contributed by atoms with Gasteiger partial charge in [-0.2, -0.15) is 10.4 Å². The Morgan fingerprint density at radius 2 is 2.10 bits per heavy atom. The molecule has 2 aromatic heterocycles. The summed E-state index contributed by atoms with van der Waals surface area (Å²) < 4.78 is 1.81. The topological polar surface area (TPSA) is 74.8 Å². The highest BCUT2D eigenvalue weighted by Gasteiger charge is 2.20. The number of hydrogen-bond donors (Lipinski definition) is 0. The number of nitriles is 1. The Labute approximate surface area is 123 Å². The second-order valence-corrected chi connectivity index (χ2v) is 5.06. The number of aromatic nitrogens is 3. The van der Waals surface area contributed by atoms with Crippen molar-refractivity contribution in [2.45, 2.75) is 26.8 Å². The number of hydrogen-bond acceptors (Lipinski definition) is 4. The lowest BCUT2D eigenvalue weighted by molar-refractivity contribution is 0.0991. The third-order valence-corrected chi connectivity index (χ3v) is 3.29. The number of rotatable bonds is 3. The van der Waals surface area contributed by atoms with Crippen molar-refractivity contribution in [3.8, 4) is 6.07 Å². The van der Waals surface area contributed by atoms with Crippen molar-refractivity contribution < 1.29 is 4.79 Å². The van der Waals surface area contributed by atoms with Crippen LogP contribution in [0.5, 0.6) is 0 Å². The minimum absolute atomic E-state index is 0.170. The molecule has 0 aromatic carbocycles. The molecule has 1 amide bonds. The van der Waals surface area contributed by atoms with E-state index >= 15 is 0 Å². The fourth-order valence-electron chi connectivity index (χ4n) is 2.09. The summed E-state index contributed by atoms with van der Waals surface area (Å²) >= 11 is 0. The molecule has 2 rings (SSSR count). The van der Waals surface area contributed by atoms with Crippen molar-refractivity contribution in [3.63, 3.8) is 0 Å². The van der Waals surface area contributed by atoms with Gasteiger partial charge in [-0.3, -0.25) is 14.4 Å². The number of nitrogens with zero attached hydrogens (tertiary/aromatic N) is 5. The summed E-state index contributed by atoms with van der Waals surface area (Å²) in [7, 11) is 1.66. The van der Waals surface area contributed by atoms with Crippen molar-refractivity contribution in [1.29, 1.82) is 5.26 Å². The summed E-state index contributed by atoms with van der Waals surface area (Å²) in [5.41, 5.74) is 1.84. The monoisotopic (exact) mass is 283 g/mol. The first-order valence-electron chi connectivity index (χ1n) is 6.64. The summed E-state index contributed by atoms with van der Waals surface area (Å²) in [6, 6.07) is 5.49. The van der Waals surface area contributed by atoms with Gasteiger partial charge in [-0.1, -0.05) is 0 Å². The van der Waals surface area contributed by atoms with Crippen LogP contribution in [0.1, 0.15) is 41.5 Å². The molecular formula is C15H17N5O. The predicted octanol–water partition coefficient (Wildman–Crippen LogP) is 2.32. The minimum Gasteiger partial charge on any atom is -0.296 e. The second-order valence-electron chi connectivity index (χ2n) is 5.06. The van der Waals surface area contributed by atoms with Crippen LogP contribution in [0.3, 0.4) is 0 Å². The molecule has 6 heteroatoms. The van der Waals surface area contributed by atoms with Crippen LogP contribution in [0, 0.1) is 18.3 Å². The van der Waals surface area contributed by atoms with Crippen molar-refractivity contribution in [2.24, 2.45) is 0 Å². The highest BCUT2D eigenvalue weighted by Crippen LogP contribution is 2.17. The van der Waals surface area contributed by atoms with Gasteiger partial charge < -0.3 is 0 Å². The highest BCUT2D eigenvalue weighted by atomic mass is 16.2. The number of amides is 1. The maximum absolute atomic E-state index is 12.5. The van der Waals surface area contributed by atoms with Gasteiger partial charge in [-0.25, -0.2) is 4.98 Å². The third-order valence-electron chi connectivity index (χ3n) is 3.29. The van der Waals surface area contributed by atoms with E-state index in [9.17, 15) is 4.79 Å². The van der Waals surface area contributed by atoms with Gasteiger partial charge in [0.2, 0.25) is 0 Å². The average molecular weight is 283 g/mol. The molecule has 6 nitrogen and oxygen atoms in total. The molecule has 0 saturated carbocycles. The first-order chi connectivity index (χ1) is 9.95. The van der Waals surface area contributed by atoms with Gasteiger partial charge in [0.05, 0.1) is 17.3 Å². The van der Waals surface area contributed by atoms with E-state index in [1.807, 2.05) is 31.5 Å². The van der Waals surface area contributed by atoms with Crippen LogP contribution in [0.2, 0.25) is 0 Å². The van der Waals surface area contributed by atoms with Crippen LogP contribution >= 0.6 is 0 Å². The Bertz CT molecular complexity index is 694. The molecule has 0 saturated heterocycles. The Morgan fingerprint density at radius 1 is 1.38 bits per heavy atom. The largest absolute Gasteiger partial charge is 0.296 e. The maximum Gasteiger partial charge on any atom is 0.262 e. The van der Waals surface area contributed by atoms with Crippen molar-refractivity contribution in [2.75, 3.05) is 11.9 Å². The average Bonchev–Trinajstić information content (AvgIpc) is 2.87. The van der Waals surface area contributed by atoms with Crippen LogP contribution in [0.15, 0.2) is 24.5 Å². The van der Waals surface area contributed by atoms with Crippen LogP contribution in [0.25, 0.3) is 0 Å². The van der Waals surface area contributed by atoms with Gasteiger partial charge in [0.25, 0.3) is 5.91 Å². The van der Waals surface area contributed by atoms with Crippen LogP contribution in [-0.4, -0.2) is 27.7 Å². The molecule has 0 fully saturated rings. The molecule has 108 valence electrons. The molecule has 0 aliphatic heterocycles. The van der Waals surface area contributed by atoms with Gasteiger partial charge in [-0.15, -0.1) is 0 Å². The van der Waals surface area contributed by atoms with E-state index in [1.54, 1.807) is 25.4 Å². The van der Waals surface area contributed by atoms with E-state index in [4.69, 9.17) is 5.26 Å². The molecule has 0 atom stereocenters. The summed E-state index contributed by atoms with van der Waals surface area (Å²) in [4.78, 5) is 18.1. The Kier molecular flexibility index (Phi) is 4.03. The highest BCUT2D eigenvalue weighted by molar-refractivity contribution is 6.05. The minimum atomic E-state index is -0.170. The summed E-state index contributed by atoms with van der Waals surface area (Å²) in [6.07, 6.45) is 3.03. The second kappa shape index (κ2) is 5.75. The first-order valence-corrected chi connectivity index (χ1v) is 6.64. The zero-order valence-corrected chi connectivity index (χ0v) is 12.5. The van der Waals surface area contributed by atoms with E-state index in [2.05, 4.69) is 10.1 Å². The number of anilines is 1. The fraction of sp³-hybridized carbons (Fsp3) is 0.333. The smallest absolute Gasteiger partial charge is 0.262 e. The molecule has 0 radical (unpaired) electrons. The quantitative estimate of drug-likeness (QED) is 0.866. The normalized spacial score (nSPS) is 10.5. The van der Waals surface area contributed by atoms with Crippen molar-refractivity contribution in [1.82, 2.24) is 14.8 Å². The molecule has 0 spiro atoms. The van der Waals surface area contributed by atoms with Crippen LogP contribution < -0.4 is 4.90 Å². The molecule has 2 heterocycles. The summed E-state index contributed by atoms with van der Waals surface area (Å²) in [5.74, 6) is 0.326. The van der Waals surface area contributed by atoms with Crippen molar-refractivity contribution >= 4 is 11.7 Å². The summed E-state index contributed by atoms with van der Waals surface area (Å²) in [5, 5.41) is 13.0. The van der Waals surface area contributed by atoms with Gasteiger partial charge in [0.1, 0.15) is 11.9 Å². The molecule has 0 N–H and O–H groups in total. The molecule has 0 bridgehead atoms. The van der Waals surface area contributed by atoms with Crippen molar-refractivity contribution in [3.05, 3.63) is 41.3 Å². The molecule has 0 aliphatic carbocycles. The third kappa shape index (κ3) is 2.77. The Hall–Kier alpha value is -2.68. The van der Waals surface area contributed by atoms with Gasteiger partial charge in [0.15, 0.2) is 0 Å².